The van der Waals surface area contributed by atoms with E-state index in [0.29, 0.717) is 19.5 Å². The van der Waals surface area contributed by atoms with Crippen molar-refractivity contribution in [2.75, 3.05) is 13.2 Å². The van der Waals surface area contributed by atoms with E-state index in [-0.39, 0.29) is 24.4 Å². The molecule has 128 valence electrons. The highest BCUT2D eigenvalue weighted by molar-refractivity contribution is 5.74. The number of aliphatic hydroxyl groups excluding tert-OH is 1. The number of carbonyl (C=O) groups is 1. The Balaban J connectivity index is 1.85. The molecule has 1 atom stereocenters. The molecule has 1 aliphatic heterocycles. The lowest BCUT2D eigenvalue weighted by atomic mass is 10.0. The fourth-order valence-corrected chi connectivity index (χ4v) is 2.79. The van der Waals surface area contributed by atoms with E-state index in [2.05, 4.69) is 10.1 Å². The van der Waals surface area contributed by atoms with Crippen LogP contribution < -0.4 is 10.1 Å². The van der Waals surface area contributed by atoms with Crippen molar-refractivity contribution in [2.24, 2.45) is 0 Å². The van der Waals surface area contributed by atoms with Crippen LogP contribution in [-0.2, 0) is 6.54 Å². The summed E-state index contributed by atoms with van der Waals surface area (Å²) in [5.74, 6) is 0.0918. The number of halogens is 2. The largest absolute Gasteiger partial charge is 0.435 e. The molecule has 1 aliphatic rings. The predicted octanol–water partition coefficient (Wildman–Crippen LogP) is 2.73. The first-order valence-electron chi connectivity index (χ1n) is 7.79. The van der Waals surface area contributed by atoms with Crippen LogP contribution >= 0.6 is 0 Å². The maximum absolute atomic E-state index is 12.3. The van der Waals surface area contributed by atoms with Gasteiger partial charge in [0.05, 0.1) is 0 Å². The lowest BCUT2D eigenvalue weighted by Crippen LogP contribution is -2.48. The molecule has 1 fully saturated rings. The summed E-state index contributed by atoms with van der Waals surface area (Å²) in [6.07, 6.45) is 3.54. The average molecular weight is 328 g/mol. The van der Waals surface area contributed by atoms with Gasteiger partial charge in [-0.05, 0) is 43.4 Å². The molecule has 0 saturated carbocycles. The van der Waals surface area contributed by atoms with E-state index in [1.165, 1.54) is 12.1 Å². The Bertz CT molecular complexity index is 495. The number of hydrogen-bond donors (Lipinski definition) is 2. The number of urea groups is 1. The molecule has 0 bridgehead atoms. The topological polar surface area (TPSA) is 61.8 Å². The molecular formula is C16H22F2N2O3. The van der Waals surface area contributed by atoms with Crippen molar-refractivity contribution < 1.29 is 23.4 Å². The normalized spacial score (nSPS) is 18.1. The van der Waals surface area contributed by atoms with Crippen molar-refractivity contribution in [3.8, 4) is 5.75 Å². The average Bonchev–Trinajstić information content (AvgIpc) is 2.54. The van der Waals surface area contributed by atoms with Gasteiger partial charge in [-0.15, -0.1) is 0 Å². The number of alkyl halides is 2. The lowest BCUT2D eigenvalue weighted by Gasteiger charge is -2.35. The van der Waals surface area contributed by atoms with Crippen LogP contribution in [0, 0.1) is 0 Å². The Labute approximate surface area is 134 Å². The highest BCUT2D eigenvalue weighted by Crippen LogP contribution is 2.20. The second kappa shape index (κ2) is 8.67. The van der Waals surface area contributed by atoms with E-state index in [0.717, 1.165) is 24.8 Å². The number of nitrogens with one attached hydrogen (secondary N) is 1. The van der Waals surface area contributed by atoms with E-state index < -0.39 is 6.61 Å². The number of likely N-dealkylation sites (tertiary alicyclic amines) is 1. The number of nitrogens with zero attached hydrogens (tertiary/aromatic N) is 1. The molecule has 1 aromatic carbocycles. The maximum Gasteiger partial charge on any atom is 0.387 e. The zero-order chi connectivity index (χ0) is 16.7. The third-order valence-electron chi connectivity index (χ3n) is 3.94. The van der Waals surface area contributed by atoms with Crippen LogP contribution in [0.4, 0.5) is 13.6 Å². The van der Waals surface area contributed by atoms with Crippen molar-refractivity contribution in [3.63, 3.8) is 0 Å². The molecule has 0 aliphatic carbocycles. The summed E-state index contributed by atoms with van der Waals surface area (Å²) in [5, 5.41) is 11.9. The second-order valence-electron chi connectivity index (χ2n) is 5.54. The molecule has 1 saturated heterocycles. The molecule has 2 amide bonds. The molecule has 2 N–H and O–H groups in total. The van der Waals surface area contributed by atoms with Gasteiger partial charge in [-0.3, -0.25) is 0 Å². The van der Waals surface area contributed by atoms with E-state index in [1.807, 2.05) is 0 Å². The summed E-state index contributed by atoms with van der Waals surface area (Å²) >= 11 is 0. The number of rotatable bonds is 6. The monoisotopic (exact) mass is 328 g/mol. The molecule has 0 radical (unpaired) electrons. The Morgan fingerprint density at radius 3 is 2.74 bits per heavy atom. The molecule has 5 nitrogen and oxygen atoms in total. The Kier molecular flexibility index (Phi) is 6.58. The molecule has 0 unspecified atom stereocenters. The highest BCUT2D eigenvalue weighted by Gasteiger charge is 2.25. The molecule has 1 heterocycles. The molecular weight excluding hydrogens is 306 g/mol. The Morgan fingerprint density at radius 2 is 2.09 bits per heavy atom. The van der Waals surface area contributed by atoms with Gasteiger partial charge in [-0.25, -0.2) is 4.79 Å². The van der Waals surface area contributed by atoms with Gasteiger partial charge in [-0.1, -0.05) is 12.1 Å². The summed E-state index contributed by atoms with van der Waals surface area (Å²) < 4.78 is 28.4. The first-order chi connectivity index (χ1) is 11.1. The lowest BCUT2D eigenvalue weighted by molar-refractivity contribution is -0.0498. The van der Waals surface area contributed by atoms with Gasteiger partial charge in [-0.2, -0.15) is 8.78 Å². The SMILES string of the molecule is O=C(NCc1ccc(OC(F)F)cc1)N1CCCC[C@H]1CCO. The summed E-state index contributed by atoms with van der Waals surface area (Å²) in [7, 11) is 0. The highest BCUT2D eigenvalue weighted by atomic mass is 19.3. The Morgan fingerprint density at radius 1 is 1.35 bits per heavy atom. The number of carbonyl (C=O) groups excluding carboxylic acids is 1. The number of benzene rings is 1. The quantitative estimate of drug-likeness (QED) is 0.844. The summed E-state index contributed by atoms with van der Waals surface area (Å²) in [4.78, 5) is 14.1. The smallest absolute Gasteiger partial charge is 0.387 e. The minimum absolute atomic E-state index is 0.0695. The van der Waals surface area contributed by atoms with E-state index in [9.17, 15) is 13.6 Å². The van der Waals surface area contributed by atoms with Gasteiger partial charge in [0.15, 0.2) is 0 Å². The van der Waals surface area contributed by atoms with Gasteiger partial charge in [0, 0.05) is 25.7 Å². The molecule has 2 rings (SSSR count). The van der Waals surface area contributed by atoms with Crippen molar-refractivity contribution >= 4 is 6.03 Å². The predicted molar refractivity (Wildman–Crippen MR) is 81.4 cm³/mol. The number of ether oxygens (including phenoxy) is 1. The van der Waals surface area contributed by atoms with Gasteiger partial charge >= 0.3 is 12.6 Å². The third kappa shape index (κ3) is 5.35. The summed E-state index contributed by atoms with van der Waals surface area (Å²) in [5.41, 5.74) is 0.802. The van der Waals surface area contributed by atoms with Gasteiger partial charge < -0.3 is 20.1 Å². The fourth-order valence-electron chi connectivity index (χ4n) is 2.79. The van der Waals surface area contributed by atoms with Crippen molar-refractivity contribution in [1.29, 1.82) is 0 Å². The van der Waals surface area contributed by atoms with Crippen LogP contribution in [0.2, 0.25) is 0 Å². The second-order valence-corrected chi connectivity index (χ2v) is 5.54. The number of piperidine rings is 1. The molecule has 0 aromatic heterocycles. The number of hydrogen-bond acceptors (Lipinski definition) is 3. The van der Waals surface area contributed by atoms with Gasteiger partial charge in [0.1, 0.15) is 5.75 Å². The maximum atomic E-state index is 12.3. The first kappa shape index (κ1) is 17.5. The van der Waals surface area contributed by atoms with Crippen LogP contribution in [0.25, 0.3) is 0 Å². The molecule has 7 heteroatoms. The van der Waals surface area contributed by atoms with Crippen molar-refractivity contribution in [1.82, 2.24) is 10.2 Å². The summed E-state index contributed by atoms with van der Waals surface area (Å²) in [6.45, 7) is -1.77. The van der Waals surface area contributed by atoms with Gasteiger partial charge in [0.25, 0.3) is 0 Å². The van der Waals surface area contributed by atoms with Crippen LogP contribution in [0.3, 0.4) is 0 Å². The van der Waals surface area contributed by atoms with E-state index in [4.69, 9.17) is 5.11 Å². The minimum Gasteiger partial charge on any atom is -0.435 e. The van der Waals surface area contributed by atoms with Crippen molar-refractivity contribution in [3.05, 3.63) is 29.8 Å². The van der Waals surface area contributed by atoms with E-state index in [1.54, 1.807) is 17.0 Å². The van der Waals surface area contributed by atoms with Gasteiger partial charge in [0.2, 0.25) is 0 Å². The Hall–Kier alpha value is -1.89. The molecule has 0 spiro atoms. The van der Waals surface area contributed by atoms with Crippen LogP contribution in [0.5, 0.6) is 5.75 Å². The third-order valence-corrected chi connectivity index (χ3v) is 3.94. The number of amides is 2. The van der Waals surface area contributed by atoms with E-state index >= 15 is 0 Å². The van der Waals surface area contributed by atoms with Crippen LogP contribution in [0.15, 0.2) is 24.3 Å². The first-order valence-corrected chi connectivity index (χ1v) is 7.79. The molecule has 23 heavy (non-hydrogen) atoms. The summed E-state index contributed by atoms with van der Waals surface area (Å²) in [6, 6.07) is 6.09. The van der Waals surface area contributed by atoms with Crippen LogP contribution in [0.1, 0.15) is 31.2 Å². The van der Waals surface area contributed by atoms with Crippen LogP contribution in [-0.4, -0.2) is 41.8 Å². The van der Waals surface area contributed by atoms with Crippen molar-refractivity contribution in [2.45, 2.75) is 44.9 Å². The zero-order valence-electron chi connectivity index (χ0n) is 12.9. The minimum atomic E-state index is -2.84. The fraction of sp³-hybridized carbons (Fsp3) is 0.562. The standard InChI is InChI=1S/C16H22F2N2O3/c17-15(18)23-14-6-4-12(5-7-14)11-19-16(22)20-9-2-1-3-13(20)8-10-21/h4-7,13,15,21H,1-3,8-11H2,(H,19,22)/t13-/m0/s1. The molecule has 1 aromatic rings. The zero-order valence-corrected chi connectivity index (χ0v) is 12.9. The number of aliphatic hydroxyl groups is 1.